The van der Waals surface area contributed by atoms with Crippen molar-refractivity contribution >= 4 is 46.7 Å². The number of carbonyl (C=O) groups excluding carboxylic acids is 2. The monoisotopic (exact) mass is 509 g/mol. The Morgan fingerprint density at radius 2 is 1.83 bits per heavy atom. The molecule has 0 radical (unpaired) electrons. The minimum absolute atomic E-state index is 0.0824. The van der Waals surface area contributed by atoms with Gasteiger partial charge in [0.15, 0.2) is 0 Å². The molecule has 4 rings (SSSR count). The van der Waals surface area contributed by atoms with Gasteiger partial charge in [-0.1, -0.05) is 47.5 Å². The molecular formula is C27H28ClN3O3S. The Morgan fingerprint density at radius 3 is 2.49 bits per heavy atom. The standard InChI is InChI=1S/C27H28ClN3O3S/c1-18-6-12-23(13-7-18)35-31(25-5-3-4-24(28)19(25)2)17-26(33)29-15-20-8-10-21(11-9-20)30-16-22(32)14-27(30)34/h3-13,22,32H,14-17H2,1-2H3,(H,29,33). The Hall–Kier alpha value is -3.00. The lowest BCUT2D eigenvalue weighted by molar-refractivity contribution is -0.120. The van der Waals surface area contributed by atoms with Crippen LogP contribution in [0, 0.1) is 13.8 Å². The van der Waals surface area contributed by atoms with E-state index >= 15 is 0 Å². The van der Waals surface area contributed by atoms with Crippen LogP contribution in [0.1, 0.15) is 23.1 Å². The Balaban J connectivity index is 1.41. The molecule has 3 aromatic rings. The number of aryl methyl sites for hydroxylation is 1. The highest BCUT2D eigenvalue weighted by Crippen LogP contribution is 2.34. The fourth-order valence-corrected chi connectivity index (χ4v) is 5.04. The van der Waals surface area contributed by atoms with Crippen LogP contribution in [0.4, 0.5) is 11.4 Å². The molecule has 0 aliphatic carbocycles. The molecule has 1 fully saturated rings. The fraction of sp³-hybridized carbons (Fsp3) is 0.259. The van der Waals surface area contributed by atoms with Crippen LogP contribution in [0.3, 0.4) is 0 Å². The van der Waals surface area contributed by atoms with Gasteiger partial charge in [0.05, 0.1) is 24.8 Å². The van der Waals surface area contributed by atoms with Crippen LogP contribution in [0.5, 0.6) is 0 Å². The molecule has 1 aliphatic heterocycles. The van der Waals surface area contributed by atoms with Crippen molar-refractivity contribution < 1.29 is 14.7 Å². The number of aliphatic hydroxyl groups excluding tert-OH is 1. The van der Waals surface area contributed by atoms with E-state index in [4.69, 9.17) is 11.6 Å². The summed E-state index contributed by atoms with van der Waals surface area (Å²) in [5, 5.41) is 13.3. The number of nitrogens with zero attached hydrogens (tertiary/aromatic N) is 2. The predicted molar refractivity (Wildman–Crippen MR) is 142 cm³/mol. The SMILES string of the molecule is Cc1ccc(SN(CC(=O)NCc2ccc(N3CC(O)CC3=O)cc2)c2cccc(Cl)c2C)cc1. The predicted octanol–water partition coefficient (Wildman–Crippen LogP) is 4.88. The smallest absolute Gasteiger partial charge is 0.240 e. The molecule has 0 aromatic heterocycles. The number of hydrogen-bond acceptors (Lipinski definition) is 5. The molecule has 3 aromatic carbocycles. The number of benzene rings is 3. The van der Waals surface area contributed by atoms with Gasteiger partial charge in [0.2, 0.25) is 11.8 Å². The maximum absolute atomic E-state index is 12.9. The summed E-state index contributed by atoms with van der Waals surface area (Å²) in [5.41, 5.74) is 4.65. The van der Waals surface area contributed by atoms with Crippen LogP contribution >= 0.6 is 23.5 Å². The summed E-state index contributed by atoms with van der Waals surface area (Å²) in [4.78, 5) is 27.5. The van der Waals surface area contributed by atoms with Crippen molar-refractivity contribution in [1.29, 1.82) is 0 Å². The van der Waals surface area contributed by atoms with E-state index in [0.717, 1.165) is 27.4 Å². The number of amides is 2. The van der Waals surface area contributed by atoms with E-state index in [1.54, 1.807) is 4.90 Å². The largest absolute Gasteiger partial charge is 0.391 e. The first kappa shape index (κ1) is 25.1. The van der Waals surface area contributed by atoms with E-state index < -0.39 is 6.10 Å². The van der Waals surface area contributed by atoms with Gasteiger partial charge >= 0.3 is 0 Å². The topological polar surface area (TPSA) is 72.9 Å². The maximum Gasteiger partial charge on any atom is 0.240 e. The highest BCUT2D eigenvalue weighted by Gasteiger charge is 2.28. The molecule has 182 valence electrons. The van der Waals surface area contributed by atoms with Crippen molar-refractivity contribution in [1.82, 2.24) is 5.32 Å². The zero-order chi connectivity index (χ0) is 24.9. The third kappa shape index (κ3) is 6.36. The lowest BCUT2D eigenvalue weighted by atomic mass is 10.2. The van der Waals surface area contributed by atoms with E-state index in [2.05, 4.69) is 5.32 Å². The molecule has 8 heteroatoms. The minimum atomic E-state index is -0.620. The van der Waals surface area contributed by atoms with Crippen molar-refractivity contribution in [2.45, 2.75) is 37.8 Å². The molecule has 0 saturated carbocycles. The first-order valence-corrected chi connectivity index (χ1v) is 12.6. The lowest BCUT2D eigenvalue weighted by Crippen LogP contribution is -2.34. The van der Waals surface area contributed by atoms with Gasteiger partial charge in [-0.25, -0.2) is 0 Å². The van der Waals surface area contributed by atoms with Crippen molar-refractivity contribution in [3.05, 3.63) is 88.4 Å². The molecule has 35 heavy (non-hydrogen) atoms. The number of anilines is 2. The molecule has 1 atom stereocenters. The van der Waals surface area contributed by atoms with E-state index in [-0.39, 0.29) is 24.8 Å². The van der Waals surface area contributed by atoms with Crippen molar-refractivity contribution in [2.75, 3.05) is 22.3 Å². The molecule has 1 unspecified atom stereocenters. The average molecular weight is 510 g/mol. The van der Waals surface area contributed by atoms with Gasteiger partial charge in [-0.2, -0.15) is 0 Å². The van der Waals surface area contributed by atoms with Crippen molar-refractivity contribution in [2.24, 2.45) is 0 Å². The minimum Gasteiger partial charge on any atom is -0.391 e. The highest BCUT2D eigenvalue weighted by molar-refractivity contribution is 8.00. The van der Waals surface area contributed by atoms with E-state index in [9.17, 15) is 14.7 Å². The van der Waals surface area contributed by atoms with E-state index in [1.807, 2.05) is 84.9 Å². The third-order valence-electron chi connectivity index (χ3n) is 5.87. The molecule has 2 amide bonds. The number of β-amino-alcohol motifs (C(OH)–C–C–N with tert-alkyl or cyclic N) is 1. The van der Waals surface area contributed by atoms with Gasteiger partial charge in [0.25, 0.3) is 0 Å². The molecular weight excluding hydrogens is 482 g/mol. The van der Waals surface area contributed by atoms with Gasteiger partial charge in [-0.3, -0.25) is 9.59 Å². The second-order valence-electron chi connectivity index (χ2n) is 8.63. The molecule has 1 heterocycles. The Labute approximate surface area is 215 Å². The van der Waals surface area contributed by atoms with Crippen LogP contribution in [0.2, 0.25) is 5.02 Å². The van der Waals surface area contributed by atoms with Gasteiger partial charge < -0.3 is 19.6 Å². The van der Waals surface area contributed by atoms with Crippen LogP contribution < -0.4 is 14.5 Å². The molecule has 1 aliphatic rings. The van der Waals surface area contributed by atoms with Gasteiger partial charge in [0.1, 0.15) is 6.54 Å². The number of carbonyl (C=O) groups is 2. The van der Waals surface area contributed by atoms with Crippen LogP contribution in [-0.2, 0) is 16.1 Å². The zero-order valence-electron chi connectivity index (χ0n) is 19.7. The number of halogens is 1. The highest BCUT2D eigenvalue weighted by atomic mass is 35.5. The third-order valence-corrected chi connectivity index (χ3v) is 7.31. The summed E-state index contributed by atoms with van der Waals surface area (Å²) in [6, 6.07) is 21.3. The van der Waals surface area contributed by atoms with Gasteiger partial charge in [-0.05, 0) is 73.3 Å². The summed E-state index contributed by atoms with van der Waals surface area (Å²) in [5.74, 6) is -0.202. The molecule has 0 spiro atoms. The van der Waals surface area contributed by atoms with Crippen LogP contribution in [-0.4, -0.2) is 36.1 Å². The summed E-state index contributed by atoms with van der Waals surface area (Å²) >= 11 is 7.86. The molecule has 6 nitrogen and oxygen atoms in total. The average Bonchev–Trinajstić information content (AvgIpc) is 3.18. The Morgan fingerprint density at radius 1 is 1.11 bits per heavy atom. The molecule has 1 saturated heterocycles. The number of nitrogens with one attached hydrogen (secondary N) is 1. The Bertz CT molecular complexity index is 1200. The number of aliphatic hydroxyl groups is 1. The lowest BCUT2D eigenvalue weighted by Gasteiger charge is -2.25. The summed E-state index contributed by atoms with van der Waals surface area (Å²) < 4.78 is 1.95. The Kier molecular flexibility index (Phi) is 8.00. The fourth-order valence-electron chi connectivity index (χ4n) is 3.88. The molecule has 2 N–H and O–H groups in total. The van der Waals surface area contributed by atoms with Gasteiger partial charge in [0, 0.05) is 22.2 Å². The second-order valence-corrected chi connectivity index (χ2v) is 10.1. The van der Waals surface area contributed by atoms with E-state index in [0.29, 0.717) is 18.1 Å². The summed E-state index contributed by atoms with van der Waals surface area (Å²) in [7, 11) is 0. The first-order valence-electron chi connectivity index (χ1n) is 11.4. The van der Waals surface area contributed by atoms with Gasteiger partial charge in [-0.15, -0.1) is 0 Å². The summed E-state index contributed by atoms with van der Waals surface area (Å²) in [6.07, 6.45) is -0.466. The summed E-state index contributed by atoms with van der Waals surface area (Å²) in [6.45, 7) is 4.82. The van der Waals surface area contributed by atoms with Crippen molar-refractivity contribution in [3.63, 3.8) is 0 Å². The first-order chi connectivity index (χ1) is 16.8. The normalized spacial score (nSPS) is 15.4. The maximum atomic E-state index is 12.9. The quantitative estimate of drug-likeness (QED) is 0.423. The molecule has 0 bridgehead atoms. The van der Waals surface area contributed by atoms with E-state index in [1.165, 1.54) is 17.5 Å². The van der Waals surface area contributed by atoms with Crippen LogP contribution in [0.25, 0.3) is 0 Å². The number of hydrogen-bond donors (Lipinski definition) is 2. The van der Waals surface area contributed by atoms with Crippen molar-refractivity contribution in [3.8, 4) is 0 Å². The number of rotatable bonds is 8. The van der Waals surface area contributed by atoms with Crippen LogP contribution in [0.15, 0.2) is 71.6 Å². The zero-order valence-corrected chi connectivity index (χ0v) is 21.3. The second kappa shape index (κ2) is 11.2.